The van der Waals surface area contributed by atoms with Gasteiger partial charge in [0.15, 0.2) is 5.82 Å². The van der Waals surface area contributed by atoms with Gasteiger partial charge in [-0.3, -0.25) is 0 Å². The van der Waals surface area contributed by atoms with Gasteiger partial charge < -0.3 is 9.64 Å². The Bertz CT molecular complexity index is 901. The van der Waals surface area contributed by atoms with Crippen molar-refractivity contribution < 1.29 is 13.2 Å². The van der Waals surface area contributed by atoms with E-state index in [-0.39, 0.29) is 17.5 Å². The van der Waals surface area contributed by atoms with Crippen molar-refractivity contribution in [2.45, 2.75) is 31.2 Å². The highest BCUT2D eigenvalue weighted by molar-refractivity contribution is 7.89. The van der Waals surface area contributed by atoms with Crippen molar-refractivity contribution in [3.63, 3.8) is 0 Å². The minimum Gasteiger partial charge on any atom is -0.467 e. The first-order valence-corrected chi connectivity index (χ1v) is 10.1. The molecule has 140 valence electrons. The van der Waals surface area contributed by atoms with Gasteiger partial charge in [0.2, 0.25) is 16.0 Å². The van der Waals surface area contributed by atoms with Crippen molar-refractivity contribution in [2.75, 3.05) is 25.1 Å². The number of sulfonamides is 1. The predicted octanol–water partition coefficient (Wildman–Crippen LogP) is 1.92. The number of nitrogens with one attached hydrogen (secondary N) is 1. The largest absolute Gasteiger partial charge is 0.467 e. The Morgan fingerprint density at radius 1 is 1.23 bits per heavy atom. The molecule has 1 N–H and O–H groups in total. The second kappa shape index (κ2) is 7.73. The maximum Gasteiger partial charge on any atom is 0.321 e. The molecule has 2 aromatic rings. The van der Waals surface area contributed by atoms with Crippen LogP contribution in [0.3, 0.4) is 0 Å². The van der Waals surface area contributed by atoms with Crippen molar-refractivity contribution in [1.29, 1.82) is 0 Å². The summed E-state index contributed by atoms with van der Waals surface area (Å²) in [6.45, 7) is 3.31. The van der Waals surface area contributed by atoms with Crippen LogP contribution in [0.1, 0.15) is 24.2 Å². The molecule has 1 aromatic heterocycles. The number of halogens is 1. The van der Waals surface area contributed by atoms with Crippen LogP contribution in [0.5, 0.6) is 6.01 Å². The van der Waals surface area contributed by atoms with Gasteiger partial charge in [-0.05, 0) is 37.5 Å². The fraction of sp³-hybridized carbons (Fsp3) is 0.438. The van der Waals surface area contributed by atoms with E-state index in [1.807, 2.05) is 4.90 Å². The molecule has 10 heteroatoms. The predicted molar refractivity (Wildman–Crippen MR) is 98.0 cm³/mol. The summed E-state index contributed by atoms with van der Waals surface area (Å²) < 4.78 is 32.8. The first-order valence-electron chi connectivity index (χ1n) is 8.19. The summed E-state index contributed by atoms with van der Waals surface area (Å²) in [5, 5.41) is 0.394. The normalized spacial score (nSPS) is 14.7. The second-order valence-corrected chi connectivity index (χ2v) is 8.06. The van der Waals surface area contributed by atoms with Gasteiger partial charge in [0, 0.05) is 18.1 Å². The molecule has 0 bridgehead atoms. The zero-order valence-electron chi connectivity index (χ0n) is 14.6. The van der Waals surface area contributed by atoms with Crippen molar-refractivity contribution in [3.05, 3.63) is 34.6 Å². The molecule has 1 fully saturated rings. The molecule has 1 aromatic carbocycles. The Kier molecular flexibility index (Phi) is 5.59. The second-order valence-electron chi connectivity index (χ2n) is 5.92. The Labute approximate surface area is 157 Å². The van der Waals surface area contributed by atoms with Crippen LogP contribution in [0.25, 0.3) is 0 Å². The SMILES string of the molecule is COc1nc(CNS(=O)(=O)c2cccc(Cl)c2C)nc(N2CCCC2)n1. The Morgan fingerprint density at radius 2 is 1.96 bits per heavy atom. The summed E-state index contributed by atoms with van der Waals surface area (Å²) >= 11 is 6.02. The molecule has 0 radical (unpaired) electrons. The number of nitrogens with zero attached hydrogens (tertiary/aromatic N) is 4. The summed E-state index contributed by atoms with van der Waals surface area (Å²) in [5.74, 6) is 0.796. The van der Waals surface area contributed by atoms with Crippen LogP contribution >= 0.6 is 11.6 Å². The minimum atomic E-state index is -3.75. The van der Waals surface area contributed by atoms with E-state index >= 15 is 0 Å². The third-order valence-electron chi connectivity index (χ3n) is 4.15. The molecule has 0 unspecified atom stereocenters. The maximum absolute atomic E-state index is 12.6. The Balaban J connectivity index is 1.82. The summed E-state index contributed by atoms with van der Waals surface area (Å²) in [6.07, 6.45) is 2.15. The number of methoxy groups -OCH3 is 1. The van der Waals surface area contributed by atoms with Crippen LogP contribution in [0, 0.1) is 6.92 Å². The molecule has 1 aliphatic rings. The van der Waals surface area contributed by atoms with Crippen LogP contribution in [0.4, 0.5) is 5.95 Å². The fourth-order valence-electron chi connectivity index (χ4n) is 2.73. The topological polar surface area (TPSA) is 97.3 Å². The standard InChI is InChI=1S/C16H20ClN5O3S/c1-11-12(17)6-5-7-13(11)26(23,24)18-10-14-19-15(21-16(20-14)25-2)22-8-3-4-9-22/h5-7,18H,3-4,8-10H2,1-2H3. The average molecular weight is 398 g/mol. The minimum absolute atomic E-state index is 0.0754. The van der Waals surface area contributed by atoms with Crippen molar-refractivity contribution in [1.82, 2.24) is 19.7 Å². The molecule has 0 saturated carbocycles. The maximum atomic E-state index is 12.6. The van der Waals surface area contributed by atoms with Crippen LogP contribution < -0.4 is 14.4 Å². The molecule has 0 spiro atoms. The van der Waals surface area contributed by atoms with Gasteiger partial charge >= 0.3 is 6.01 Å². The smallest absolute Gasteiger partial charge is 0.321 e. The molecular formula is C16H20ClN5O3S. The van der Waals surface area contributed by atoms with Crippen LogP contribution in [0.2, 0.25) is 5.02 Å². The summed E-state index contributed by atoms with van der Waals surface area (Å²) in [7, 11) is -2.29. The number of anilines is 1. The molecule has 26 heavy (non-hydrogen) atoms. The lowest BCUT2D eigenvalue weighted by Gasteiger charge is -2.16. The molecule has 0 atom stereocenters. The van der Waals surface area contributed by atoms with Crippen molar-refractivity contribution in [3.8, 4) is 6.01 Å². The van der Waals surface area contributed by atoms with E-state index in [2.05, 4.69) is 19.7 Å². The van der Waals surface area contributed by atoms with Gasteiger partial charge in [-0.2, -0.15) is 15.0 Å². The zero-order valence-corrected chi connectivity index (χ0v) is 16.1. The van der Waals surface area contributed by atoms with Gasteiger partial charge in [0.05, 0.1) is 18.6 Å². The van der Waals surface area contributed by atoms with E-state index in [0.29, 0.717) is 22.4 Å². The number of hydrogen-bond donors (Lipinski definition) is 1. The van der Waals surface area contributed by atoms with Gasteiger partial charge in [0.1, 0.15) is 0 Å². The Hall–Kier alpha value is -1.97. The van der Waals surface area contributed by atoms with Crippen LogP contribution in [-0.4, -0.2) is 43.6 Å². The lowest BCUT2D eigenvalue weighted by molar-refractivity contribution is 0.375. The third kappa shape index (κ3) is 4.05. The van der Waals surface area contributed by atoms with Crippen molar-refractivity contribution in [2.24, 2.45) is 0 Å². The number of aromatic nitrogens is 3. The first-order chi connectivity index (χ1) is 12.4. The molecule has 1 saturated heterocycles. The summed E-state index contributed by atoms with van der Waals surface area (Å²) in [4.78, 5) is 14.9. The monoisotopic (exact) mass is 397 g/mol. The van der Waals surface area contributed by atoms with Gasteiger partial charge in [-0.15, -0.1) is 0 Å². The van der Waals surface area contributed by atoms with E-state index in [1.165, 1.54) is 13.2 Å². The number of rotatable bonds is 6. The highest BCUT2D eigenvalue weighted by Crippen LogP contribution is 2.23. The van der Waals surface area contributed by atoms with E-state index < -0.39 is 10.0 Å². The molecule has 8 nitrogen and oxygen atoms in total. The highest BCUT2D eigenvalue weighted by atomic mass is 35.5. The van der Waals surface area contributed by atoms with E-state index in [9.17, 15) is 8.42 Å². The summed E-state index contributed by atoms with van der Waals surface area (Å²) in [5.41, 5.74) is 0.493. The molecule has 0 amide bonds. The van der Waals surface area contributed by atoms with Gasteiger partial charge in [0.25, 0.3) is 0 Å². The van der Waals surface area contributed by atoms with Gasteiger partial charge in [-0.1, -0.05) is 17.7 Å². The zero-order chi connectivity index (χ0) is 18.7. The van der Waals surface area contributed by atoms with E-state index in [1.54, 1.807) is 19.1 Å². The molecule has 3 rings (SSSR count). The number of benzene rings is 1. The molecule has 0 aliphatic carbocycles. The van der Waals surface area contributed by atoms with E-state index in [4.69, 9.17) is 16.3 Å². The Morgan fingerprint density at radius 3 is 2.65 bits per heavy atom. The number of hydrogen-bond acceptors (Lipinski definition) is 7. The van der Waals surface area contributed by atoms with Gasteiger partial charge in [-0.25, -0.2) is 13.1 Å². The van der Waals surface area contributed by atoms with Crippen LogP contribution in [0.15, 0.2) is 23.1 Å². The third-order valence-corrected chi connectivity index (χ3v) is 6.10. The van der Waals surface area contributed by atoms with E-state index in [0.717, 1.165) is 25.9 Å². The molecule has 1 aliphatic heterocycles. The lowest BCUT2D eigenvalue weighted by Crippen LogP contribution is -2.27. The van der Waals surface area contributed by atoms with Crippen LogP contribution in [-0.2, 0) is 16.6 Å². The quantitative estimate of drug-likeness (QED) is 0.795. The molecule has 2 heterocycles. The summed E-state index contributed by atoms with van der Waals surface area (Å²) in [6, 6.07) is 4.92. The average Bonchev–Trinajstić information content (AvgIpc) is 3.16. The molecular weight excluding hydrogens is 378 g/mol. The number of ether oxygens (including phenoxy) is 1. The highest BCUT2D eigenvalue weighted by Gasteiger charge is 2.21. The van der Waals surface area contributed by atoms with Crippen molar-refractivity contribution >= 4 is 27.6 Å². The lowest BCUT2D eigenvalue weighted by atomic mass is 10.2. The first kappa shape index (κ1) is 18.8. The fourth-order valence-corrected chi connectivity index (χ4v) is 4.21.